The van der Waals surface area contributed by atoms with Crippen LogP contribution in [0.5, 0.6) is 17.2 Å². The van der Waals surface area contributed by atoms with Gasteiger partial charge in [-0.1, -0.05) is 11.6 Å². The van der Waals surface area contributed by atoms with E-state index in [-0.39, 0.29) is 29.7 Å². The van der Waals surface area contributed by atoms with Crippen LogP contribution in [0.15, 0.2) is 6.07 Å². The van der Waals surface area contributed by atoms with Gasteiger partial charge in [0.05, 0.1) is 6.10 Å². The van der Waals surface area contributed by atoms with E-state index in [1.807, 2.05) is 0 Å². The minimum Gasteiger partial charge on any atom is -0.506 e. The molecule has 1 aromatic carbocycles. The molecule has 6 heteroatoms. The molecule has 1 aliphatic heterocycles. The van der Waals surface area contributed by atoms with Crippen LogP contribution < -0.4 is 15.2 Å². The summed E-state index contributed by atoms with van der Waals surface area (Å²) in [5, 5.41) is 19.2. The third-order valence-electron chi connectivity index (χ3n) is 2.19. The Kier molecular flexibility index (Phi) is 2.60. The van der Waals surface area contributed by atoms with Crippen molar-refractivity contribution in [2.75, 3.05) is 13.3 Å². The molecule has 0 aromatic heterocycles. The van der Waals surface area contributed by atoms with Crippen molar-refractivity contribution in [3.8, 4) is 17.2 Å². The first-order chi connectivity index (χ1) is 7.15. The monoisotopic (exact) mass is 231 g/mol. The van der Waals surface area contributed by atoms with Gasteiger partial charge in [-0.2, -0.15) is 0 Å². The summed E-state index contributed by atoms with van der Waals surface area (Å²) in [5.74, 6) is 0.473. The third-order valence-corrected chi connectivity index (χ3v) is 2.54. The maximum Gasteiger partial charge on any atom is 0.231 e. The van der Waals surface area contributed by atoms with Crippen molar-refractivity contribution in [1.29, 1.82) is 0 Å². The highest BCUT2D eigenvalue weighted by Gasteiger charge is 2.25. The lowest BCUT2D eigenvalue weighted by Crippen LogP contribution is -2.11. The van der Waals surface area contributed by atoms with Gasteiger partial charge in [0.2, 0.25) is 6.79 Å². The lowest BCUT2D eigenvalue weighted by Gasteiger charge is -2.12. The highest BCUT2D eigenvalue weighted by atomic mass is 35.5. The molecular weight excluding hydrogens is 222 g/mol. The minimum absolute atomic E-state index is 0.0104. The van der Waals surface area contributed by atoms with Crippen molar-refractivity contribution in [3.05, 3.63) is 16.7 Å². The molecule has 0 aliphatic carbocycles. The molecule has 0 saturated carbocycles. The molecule has 1 heterocycles. The van der Waals surface area contributed by atoms with Crippen molar-refractivity contribution < 1.29 is 19.7 Å². The number of aliphatic hydroxyl groups excluding tert-OH is 1. The zero-order chi connectivity index (χ0) is 11.0. The number of fused-ring (bicyclic) bond motifs is 1. The molecule has 0 amide bonds. The van der Waals surface area contributed by atoms with Crippen molar-refractivity contribution in [2.24, 2.45) is 5.73 Å². The van der Waals surface area contributed by atoms with Gasteiger partial charge < -0.3 is 25.4 Å². The summed E-state index contributed by atoms with van der Waals surface area (Å²) >= 11 is 5.84. The molecule has 5 nitrogen and oxygen atoms in total. The Morgan fingerprint density at radius 1 is 1.53 bits per heavy atom. The Morgan fingerprint density at radius 3 is 2.93 bits per heavy atom. The van der Waals surface area contributed by atoms with Gasteiger partial charge in [-0.3, -0.25) is 0 Å². The van der Waals surface area contributed by atoms with Crippen molar-refractivity contribution >= 4 is 11.6 Å². The molecular formula is C9H10ClNO4. The molecule has 15 heavy (non-hydrogen) atoms. The van der Waals surface area contributed by atoms with Crippen molar-refractivity contribution in [3.63, 3.8) is 0 Å². The minimum atomic E-state index is -0.975. The fraction of sp³-hybridized carbons (Fsp3) is 0.333. The number of ether oxygens (including phenoxy) is 2. The molecule has 0 saturated heterocycles. The van der Waals surface area contributed by atoms with Crippen LogP contribution >= 0.6 is 11.6 Å². The average Bonchev–Trinajstić information content (AvgIpc) is 2.70. The number of phenols is 1. The second-order valence-corrected chi connectivity index (χ2v) is 3.49. The lowest BCUT2D eigenvalue weighted by molar-refractivity contribution is 0.172. The quantitative estimate of drug-likeness (QED) is 0.700. The van der Waals surface area contributed by atoms with E-state index in [0.717, 1.165) is 0 Å². The van der Waals surface area contributed by atoms with E-state index in [9.17, 15) is 10.2 Å². The molecule has 1 aliphatic rings. The zero-order valence-electron chi connectivity index (χ0n) is 7.74. The largest absolute Gasteiger partial charge is 0.506 e. The molecule has 0 spiro atoms. The number of aromatic hydroxyl groups is 1. The van der Waals surface area contributed by atoms with Gasteiger partial charge in [0.25, 0.3) is 0 Å². The SMILES string of the molecule is NCC(O)c1cc2c(c(Cl)c1O)OCO2. The summed E-state index contributed by atoms with van der Waals surface area (Å²) in [4.78, 5) is 0. The Labute approximate surface area is 91.0 Å². The molecule has 2 rings (SSSR count). The number of hydrogen-bond donors (Lipinski definition) is 3. The van der Waals surface area contributed by atoms with E-state index in [2.05, 4.69) is 0 Å². The Morgan fingerprint density at radius 2 is 2.27 bits per heavy atom. The summed E-state index contributed by atoms with van der Waals surface area (Å²) in [5.41, 5.74) is 5.53. The van der Waals surface area contributed by atoms with Crippen LogP contribution in [-0.2, 0) is 0 Å². The second-order valence-electron chi connectivity index (χ2n) is 3.11. The van der Waals surface area contributed by atoms with Crippen LogP contribution in [0.25, 0.3) is 0 Å². The number of benzene rings is 1. The van der Waals surface area contributed by atoms with Crippen molar-refractivity contribution in [2.45, 2.75) is 6.10 Å². The number of aliphatic hydroxyl groups is 1. The van der Waals surface area contributed by atoms with Crippen LogP contribution in [0.4, 0.5) is 0 Å². The topological polar surface area (TPSA) is 84.9 Å². The first kappa shape index (κ1) is 10.4. The molecule has 82 valence electrons. The number of nitrogens with two attached hydrogens (primary N) is 1. The van der Waals surface area contributed by atoms with E-state index in [1.54, 1.807) is 0 Å². The molecule has 0 fully saturated rings. The normalized spacial score (nSPS) is 15.4. The van der Waals surface area contributed by atoms with Crippen LogP contribution in [0.3, 0.4) is 0 Å². The maximum absolute atomic E-state index is 9.68. The van der Waals surface area contributed by atoms with E-state index in [1.165, 1.54) is 6.07 Å². The summed E-state index contributed by atoms with van der Waals surface area (Å²) in [6.45, 7) is 0.0419. The maximum atomic E-state index is 9.68. The Hall–Kier alpha value is -1.17. The van der Waals surface area contributed by atoms with Gasteiger partial charge in [-0.05, 0) is 6.07 Å². The smallest absolute Gasteiger partial charge is 0.231 e. The van der Waals surface area contributed by atoms with Gasteiger partial charge in [-0.25, -0.2) is 0 Å². The number of phenolic OH excluding ortho intramolecular Hbond substituents is 1. The number of rotatable bonds is 2. The van der Waals surface area contributed by atoms with Gasteiger partial charge in [0, 0.05) is 12.1 Å². The molecule has 4 N–H and O–H groups in total. The van der Waals surface area contributed by atoms with Gasteiger partial charge >= 0.3 is 0 Å². The highest BCUT2D eigenvalue weighted by molar-refractivity contribution is 6.34. The predicted molar refractivity (Wildman–Crippen MR) is 53.3 cm³/mol. The lowest BCUT2D eigenvalue weighted by atomic mass is 10.1. The van der Waals surface area contributed by atoms with E-state index < -0.39 is 6.10 Å². The van der Waals surface area contributed by atoms with Crippen LogP contribution in [-0.4, -0.2) is 23.6 Å². The Bertz CT molecular complexity index is 396. The number of halogens is 1. The summed E-state index contributed by atoms with van der Waals surface area (Å²) in [6.07, 6.45) is -0.975. The van der Waals surface area contributed by atoms with E-state index in [4.69, 9.17) is 26.8 Å². The number of hydrogen-bond acceptors (Lipinski definition) is 5. The predicted octanol–water partition coefficient (Wildman–Crippen LogP) is 0.766. The average molecular weight is 232 g/mol. The molecule has 1 atom stereocenters. The molecule has 1 aromatic rings. The van der Waals surface area contributed by atoms with Gasteiger partial charge in [0.1, 0.15) is 10.8 Å². The van der Waals surface area contributed by atoms with Crippen LogP contribution in [0, 0.1) is 0 Å². The van der Waals surface area contributed by atoms with Crippen molar-refractivity contribution in [1.82, 2.24) is 0 Å². The first-order valence-corrected chi connectivity index (χ1v) is 4.72. The third kappa shape index (κ3) is 1.58. The molecule has 1 unspecified atom stereocenters. The summed E-state index contributed by atoms with van der Waals surface area (Å²) in [6, 6.07) is 1.47. The molecule has 0 bridgehead atoms. The second kappa shape index (κ2) is 3.77. The van der Waals surface area contributed by atoms with Gasteiger partial charge in [-0.15, -0.1) is 0 Å². The summed E-state index contributed by atoms with van der Waals surface area (Å²) < 4.78 is 10.2. The fourth-order valence-electron chi connectivity index (χ4n) is 1.39. The standard InChI is InChI=1S/C9H10ClNO4/c10-7-8(13)4(5(12)2-11)1-6-9(7)15-3-14-6/h1,5,12-13H,2-3,11H2. The zero-order valence-corrected chi connectivity index (χ0v) is 8.49. The highest BCUT2D eigenvalue weighted by Crippen LogP contribution is 2.47. The van der Waals surface area contributed by atoms with E-state index >= 15 is 0 Å². The first-order valence-electron chi connectivity index (χ1n) is 4.34. The van der Waals surface area contributed by atoms with E-state index in [0.29, 0.717) is 11.5 Å². The van der Waals surface area contributed by atoms with Gasteiger partial charge in [0.15, 0.2) is 11.5 Å². The molecule has 0 radical (unpaired) electrons. The summed E-state index contributed by atoms with van der Waals surface area (Å²) in [7, 11) is 0. The fourth-order valence-corrected chi connectivity index (χ4v) is 1.65. The Balaban J connectivity index is 2.54. The van der Waals surface area contributed by atoms with Crippen LogP contribution in [0.2, 0.25) is 5.02 Å². The van der Waals surface area contributed by atoms with Crippen LogP contribution in [0.1, 0.15) is 11.7 Å².